The Bertz CT molecular complexity index is 842. The predicted octanol–water partition coefficient (Wildman–Crippen LogP) is 2.25. The fourth-order valence-electron chi connectivity index (χ4n) is 3.90. The van der Waals surface area contributed by atoms with Crippen molar-refractivity contribution in [2.24, 2.45) is 0 Å². The molecule has 1 aromatic heterocycles. The van der Waals surface area contributed by atoms with Crippen molar-refractivity contribution in [2.75, 3.05) is 13.2 Å². The molecular weight excluding hydrogens is 328 g/mol. The first-order chi connectivity index (χ1) is 12.8. The Labute approximate surface area is 152 Å². The van der Waals surface area contributed by atoms with E-state index in [0.717, 1.165) is 42.3 Å². The Morgan fingerprint density at radius 3 is 3.08 bits per heavy atom. The van der Waals surface area contributed by atoms with Gasteiger partial charge in [-0.05, 0) is 43.9 Å². The van der Waals surface area contributed by atoms with Gasteiger partial charge in [-0.25, -0.2) is 0 Å². The minimum atomic E-state index is -0.261. The number of carbonyl (C=O) groups is 1. The maximum Gasteiger partial charge on any atom is 0.240 e. The van der Waals surface area contributed by atoms with Crippen LogP contribution in [0.25, 0.3) is 10.9 Å². The first kappa shape index (κ1) is 16.8. The standard InChI is InChI=1S/C20H22N4O2/c21-12-15-4-3-11-24(15)20(25)18-8-7-14(23-18)13-26-19-9-10-22-17-6-2-1-5-16(17)19/h1-2,5-6,9-10,14-15,18,23H,3-4,7-8,11,13H2/t14-,15+,18+/m1/s1. The van der Waals surface area contributed by atoms with Gasteiger partial charge in [-0.2, -0.15) is 5.26 Å². The van der Waals surface area contributed by atoms with Gasteiger partial charge in [0.25, 0.3) is 0 Å². The number of hydrogen-bond acceptors (Lipinski definition) is 5. The van der Waals surface area contributed by atoms with Gasteiger partial charge < -0.3 is 9.64 Å². The number of likely N-dealkylation sites (tertiary alicyclic amines) is 1. The van der Waals surface area contributed by atoms with Crippen molar-refractivity contribution in [2.45, 2.75) is 43.8 Å². The minimum Gasteiger partial charge on any atom is -0.491 e. The molecule has 0 saturated carbocycles. The molecule has 0 radical (unpaired) electrons. The number of rotatable bonds is 4. The summed E-state index contributed by atoms with van der Waals surface area (Å²) in [5, 5.41) is 13.6. The lowest BCUT2D eigenvalue weighted by Crippen LogP contribution is -2.47. The average Bonchev–Trinajstić information content (AvgIpc) is 3.35. The number of nitriles is 1. The molecule has 0 aliphatic carbocycles. The molecule has 2 aliphatic rings. The van der Waals surface area contributed by atoms with Crippen molar-refractivity contribution < 1.29 is 9.53 Å². The lowest BCUT2D eigenvalue weighted by molar-refractivity contribution is -0.133. The molecular formula is C20H22N4O2. The molecule has 6 nitrogen and oxygen atoms in total. The van der Waals surface area contributed by atoms with E-state index in [1.807, 2.05) is 30.3 Å². The second-order valence-electron chi connectivity index (χ2n) is 6.95. The van der Waals surface area contributed by atoms with Gasteiger partial charge in [-0.15, -0.1) is 0 Å². The molecule has 3 atom stereocenters. The Kier molecular flexibility index (Phi) is 4.72. The van der Waals surface area contributed by atoms with Crippen LogP contribution in [0, 0.1) is 11.3 Å². The first-order valence-corrected chi connectivity index (χ1v) is 9.19. The van der Waals surface area contributed by atoms with Crippen molar-refractivity contribution in [1.82, 2.24) is 15.2 Å². The summed E-state index contributed by atoms with van der Waals surface area (Å²) >= 11 is 0. The van der Waals surface area contributed by atoms with E-state index < -0.39 is 0 Å². The van der Waals surface area contributed by atoms with Gasteiger partial charge in [0.2, 0.25) is 5.91 Å². The summed E-state index contributed by atoms with van der Waals surface area (Å²) in [5.74, 6) is 0.877. The van der Waals surface area contributed by atoms with E-state index in [4.69, 9.17) is 4.74 Å². The zero-order chi connectivity index (χ0) is 17.9. The number of carbonyl (C=O) groups excluding carboxylic acids is 1. The molecule has 26 heavy (non-hydrogen) atoms. The number of benzene rings is 1. The number of pyridine rings is 1. The minimum absolute atomic E-state index is 0.0610. The van der Waals surface area contributed by atoms with Crippen LogP contribution in [0.5, 0.6) is 5.75 Å². The van der Waals surface area contributed by atoms with E-state index in [1.54, 1.807) is 11.1 Å². The fourth-order valence-corrected chi connectivity index (χ4v) is 3.90. The molecule has 4 rings (SSSR count). The number of nitrogens with zero attached hydrogens (tertiary/aromatic N) is 3. The number of amides is 1. The smallest absolute Gasteiger partial charge is 0.240 e. The van der Waals surface area contributed by atoms with Crippen LogP contribution in [0.3, 0.4) is 0 Å². The number of hydrogen-bond donors (Lipinski definition) is 1. The van der Waals surface area contributed by atoms with E-state index in [1.165, 1.54) is 0 Å². The fraction of sp³-hybridized carbons (Fsp3) is 0.450. The Morgan fingerprint density at radius 1 is 1.31 bits per heavy atom. The molecule has 0 spiro atoms. The summed E-state index contributed by atoms with van der Waals surface area (Å²) in [6.45, 7) is 1.21. The molecule has 1 amide bonds. The van der Waals surface area contributed by atoms with Gasteiger partial charge >= 0.3 is 0 Å². The highest BCUT2D eigenvalue weighted by molar-refractivity contribution is 5.84. The molecule has 1 N–H and O–H groups in total. The zero-order valence-electron chi connectivity index (χ0n) is 14.6. The number of ether oxygens (including phenoxy) is 1. The van der Waals surface area contributed by atoms with Crippen LogP contribution in [-0.2, 0) is 4.79 Å². The summed E-state index contributed by atoms with van der Waals surface area (Å²) in [5.41, 5.74) is 0.911. The highest BCUT2D eigenvalue weighted by Gasteiger charge is 2.36. The summed E-state index contributed by atoms with van der Waals surface area (Å²) in [6.07, 6.45) is 5.14. The van der Waals surface area contributed by atoms with Gasteiger partial charge in [0.1, 0.15) is 18.4 Å². The third kappa shape index (κ3) is 3.23. The number of aromatic nitrogens is 1. The van der Waals surface area contributed by atoms with Gasteiger partial charge in [-0.1, -0.05) is 12.1 Å². The van der Waals surface area contributed by atoms with Crippen LogP contribution in [0.15, 0.2) is 36.5 Å². The number of fused-ring (bicyclic) bond motifs is 1. The topological polar surface area (TPSA) is 78.2 Å². The predicted molar refractivity (Wildman–Crippen MR) is 97.5 cm³/mol. The zero-order valence-corrected chi connectivity index (χ0v) is 14.6. The van der Waals surface area contributed by atoms with E-state index in [9.17, 15) is 10.1 Å². The summed E-state index contributed by atoms with van der Waals surface area (Å²) in [6, 6.07) is 11.7. The summed E-state index contributed by atoms with van der Waals surface area (Å²) < 4.78 is 6.02. The third-order valence-electron chi connectivity index (χ3n) is 5.27. The molecule has 2 saturated heterocycles. The molecule has 2 aromatic rings. The van der Waals surface area contributed by atoms with Crippen LogP contribution in [-0.4, -0.2) is 47.1 Å². The highest BCUT2D eigenvalue weighted by atomic mass is 16.5. The van der Waals surface area contributed by atoms with Crippen LogP contribution in [0.4, 0.5) is 0 Å². The largest absolute Gasteiger partial charge is 0.491 e. The van der Waals surface area contributed by atoms with Crippen LogP contribution in [0.1, 0.15) is 25.7 Å². The second-order valence-corrected chi connectivity index (χ2v) is 6.95. The Balaban J connectivity index is 1.36. The molecule has 0 unspecified atom stereocenters. The van der Waals surface area contributed by atoms with Gasteiger partial charge in [0.05, 0.1) is 17.6 Å². The molecule has 3 heterocycles. The van der Waals surface area contributed by atoms with Crippen LogP contribution in [0.2, 0.25) is 0 Å². The second kappa shape index (κ2) is 7.30. The van der Waals surface area contributed by atoms with Crippen LogP contribution < -0.4 is 10.1 Å². The maximum atomic E-state index is 12.7. The monoisotopic (exact) mass is 350 g/mol. The third-order valence-corrected chi connectivity index (χ3v) is 5.27. The number of para-hydroxylation sites is 1. The maximum absolute atomic E-state index is 12.7. The van der Waals surface area contributed by atoms with E-state index in [-0.39, 0.29) is 24.0 Å². The van der Waals surface area contributed by atoms with Crippen molar-refractivity contribution >= 4 is 16.8 Å². The molecule has 1 aromatic carbocycles. The molecule has 2 fully saturated rings. The van der Waals surface area contributed by atoms with Crippen molar-refractivity contribution in [3.8, 4) is 11.8 Å². The summed E-state index contributed by atoms with van der Waals surface area (Å²) in [7, 11) is 0. The van der Waals surface area contributed by atoms with Crippen LogP contribution >= 0.6 is 0 Å². The normalized spacial score (nSPS) is 25.3. The lowest BCUT2D eigenvalue weighted by Gasteiger charge is -2.24. The molecule has 6 heteroatoms. The van der Waals surface area contributed by atoms with Crippen molar-refractivity contribution in [1.29, 1.82) is 5.26 Å². The van der Waals surface area contributed by atoms with E-state index in [2.05, 4.69) is 16.4 Å². The van der Waals surface area contributed by atoms with Crippen molar-refractivity contribution in [3.05, 3.63) is 36.5 Å². The van der Waals surface area contributed by atoms with Gasteiger partial charge in [0, 0.05) is 24.2 Å². The average molecular weight is 350 g/mol. The molecule has 0 bridgehead atoms. The highest BCUT2D eigenvalue weighted by Crippen LogP contribution is 2.25. The lowest BCUT2D eigenvalue weighted by atomic mass is 10.1. The quantitative estimate of drug-likeness (QED) is 0.915. The summed E-state index contributed by atoms with van der Waals surface area (Å²) in [4.78, 5) is 18.8. The number of nitrogens with one attached hydrogen (secondary N) is 1. The van der Waals surface area contributed by atoms with Crippen molar-refractivity contribution in [3.63, 3.8) is 0 Å². The SMILES string of the molecule is N#C[C@@H]1CCCN1C(=O)[C@@H]1CC[C@H](COc2ccnc3ccccc23)N1. The first-order valence-electron chi connectivity index (χ1n) is 9.19. The molecule has 134 valence electrons. The van der Waals surface area contributed by atoms with Gasteiger partial charge in [0.15, 0.2) is 0 Å². The Hall–Kier alpha value is -2.65. The molecule has 2 aliphatic heterocycles. The van der Waals surface area contributed by atoms with E-state index in [0.29, 0.717) is 13.2 Å². The Morgan fingerprint density at radius 2 is 2.19 bits per heavy atom. The van der Waals surface area contributed by atoms with E-state index >= 15 is 0 Å². The van der Waals surface area contributed by atoms with Gasteiger partial charge in [-0.3, -0.25) is 15.1 Å².